The Kier molecular flexibility index (Phi) is 8.22. The molecule has 0 aliphatic heterocycles. The molecule has 0 fully saturated rings. The number of nitrogens with one attached hydrogen (secondary N) is 1. The molecule has 0 saturated carbocycles. The zero-order chi connectivity index (χ0) is 27.4. The van der Waals surface area contributed by atoms with Crippen molar-refractivity contribution in [3.05, 3.63) is 110 Å². The number of aromatic nitrogens is 4. The van der Waals surface area contributed by atoms with Crippen LogP contribution in [0.4, 0.5) is 10.8 Å². The summed E-state index contributed by atoms with van der Waals surface area (Å²) in [6, 6.07) is 20.9. The van der Waals surface area contributed by atoms with Gasteiger partial charge in [0.1, 0.15) is 0 Å². The van der Waals surface area contributed by atoms with Crippen molar-refractivity contribution in [2.45, 2.75) is 11.6 Å². The van der Waals surface area contributed by atoms with Crippen LogP contribution in [0.2, 0.25) is 10.0 Å². The molecule has 2 aromatic heterocycles. The minimum Gasteiger partial charge on any atom is -0.301 e. The van der Waals surface area contributed by atoms with E-state index in [1.807, 2.05) is 36.4 Å². The summed E-state index contributed by atoms with van der Waals surface area (Å²) >= 11 is 14.8. The molecule has 5 rings (SSSR count). The fourth-order valence-electron chi connectivity index (χ4n) is 3.70. The number of rotatable bonds is 9. The van der Waals surface area contributed by atoms with Gasteiger partial charge in [-0.15, -0.1) is 21.5 Å². The van der Waals surface area contributed by atoms with E-state index in [0.717, 1.165) is 16.1 Å². The third-order valence-corrected chi connectivity index (χ3v) is 7.90. The van der Waals surface area contributed by atoms with Crippen LogP contribution in [0, 0.1) is 10.1 Å². The molecule has 1 amide bonds. The zero-order valence-corrected chi connectivity index (χ0v) is 23.1. The summed E-state index contributed by atoms with van der Waals surface area (Å²) in [5.41, 5.74) is 2.16. The van der Waals surface area contributed by atoms with Gasteiger partial charge in [0.05, 0.1) is 10.7 Å². The second kappa shape index (κ2) is 12.0. The zero-order valence-electron chi connectivity index (χ0n) is 20.0. The Morgan fingerprint density at radius 1 is 1.05 bits per heavy atom. The van der Waals surface area contributed by atoms with Crippen LogP contribution in [0.25, 0.3) is 17.1 Å². The summed E-state index contributed by atoms with van der Waals surface area (Å²) in [7, 11) is 0. The first kappa shape index (κ1) is 26.8. The van der Waals surface area contributed by atoms with Crippen molar-refractivity contribution < 1.29 is 9.72 Å². The predicted octanol–water partition coefficient (Wildman–Crippen LogP) is 6.93. The van der Waals surface area contributed by atoms with E-state index in [-0.39, 0.29) is 17.3 Å². The first-order valence-corrected chi connectivity index (χ1v) is 14.0. The van der Waals surface area contributed by atoms with Gasteiger partial charge in [0.15, 0.2) is 16.1 Å². The highest BCUT2D eigenvalue weighted by Crippen LogP contribution is 2.30. The summed E-state index contributed by atoms with van der Waals surface area (Å²) in [5.74, 6) is 0.223. The van der Waals surface area contributed by atoms with Crippen LogP contribution < -0.4 is 5.32 Å². The van der Waals surface area contributed by atoms with E-state index in [4.69, 9.17) is 23.2 Å². The first-order valence-electron chi connectivity index (χ1n) is 11.4. The average molecular weight is 598 g/mol. The average Bonchev–Trinajstić information content (AvgIpc) is 3.56. The van der Waals surface area contributed by atoms with E-state index in [0.29, 0.717) is 38.1 Å². The molecular formula is C26H18Cl2N6O3S2. The van der Waals surface area contributed by atoms with Crippen molar-refractivity contribution >= 4 is 63.0 Å². The van der Waals surface area contributed by atoms with Crippen molar-refractivity contribution in [3.8, 4) is 17.1 Å². The van der Waals surface area contributed by atoms with Crippen molar-refractivity contribution in [3.63, 3.8) is 0 Å². The Balaban J connectivity index is 1.30. The van der Waals surface area contributed by atoms with Crippen LogP contribution in [-0.2, 0) is 11.2 Å². The van der Waals surface area contributed by atoms with Gasteiger partial charge in [-0.25, -0.2) is 4.98 Å². The lowest BCUT2D eigenvalue weighted by Crippen LogP contribution is -2.14. The van der Waals surface area contributed by atoms with E-state index in [2.05, 4.69) is 20.5 Å². The topological polar surface area (TPSA) is 116 Å². The number of carbonyl (C=O) groups excluding carboxylic acids is 1. The quantitative estimate of drug-likeness (QED) is 0.111. The molecule has 0 radical (unpaired) electrons. The Morgan fingerprint density at radius 2 is 1.87 bits per heavy atom. The molecule has 1 N–H and O–H groups in total. The standard InChI is InChI=1S/C26H18Cl2N6O3S2/c27-18-10-9-16(22(28)13-18)12-21-14-29-25(39-21)30-23(35)15-38-26-32-31-24(33(26)19-6-2-1-3-7-19)17-5-4-8-20(11-17)34(36)37/h1-11,13-14H,12,15H2,(H,29,30,35). The molecule has 0 unspecified atom stereocenters. The maximum atomic E-state index is 12.8. The van der Waals surface area contributed by atoms with Gasteiger partial charge in [0.25, 0.3) is 5.69 Å². The summed E-state index contributed by atoms with van der Waals surface area (Å²) in [6.45, 7) is 0. The second-order valence-electron chi connectivity index (χ2n) is 8.17. The molecule has 5 aromatic rings. The van der Waals surface area contributed by atoms with Crippen LogP contribution in [0.1, 0.15) is 10.4 Å². The lowest BCUT2D eigenvalue weighted by Gasteiger charge is -2.10. The number of amides is 1. The Bertz CT molecular complexity index is 1660. The molecule has 0 bridgehead atoms. The largest absolute Gasteiger partial charge is 0.301 e. The number of halogens is 2. The van der Waals surface area contributed by atoms with Gasteiger partial charge in [-0.1, -0.05) is 71.4 Å². The summed E-state index contributed by atoms with van der Waals surface area (Å²) in [4.78, 5) is 28.8. The molecule has 196 valence electrons. The summed E-state index contributed by atoms with van der Waals surface area (Å²) < 4.78 is 1.77. The molecule has 39 heavy (non-hydrogen) atoms. The van der Waals surface area contributed by atoms with Gasteiger partial charge in [-0.05, 0) is 29.8 Å². The highest BCUT2D eigenvalue weighted by atomic mass is 35.5. The number of hydrogen-bond donors (Lipinski definition) is 1. The minimum absolute atomic E-state index is 0.0511. The monoisotopic (exact) mass is 596 g/mol. The van der Waals surface area contributed by atoms with Crippen LogP contribution in [0.5, 0.6) is 0 Å². The number of benzene rings is 3. The molecule has 0 saturated heterocycles. The van der Waals surface area contributed by atoms with Crippen molar-refractivity contribution in [2.75, 3.05) is 11.1 Å². The lowest BCUT2D eigenvalue weighted by molar-refractivity contribution is -0.384. The van der Waals surface area contributed by atoms with Gasteiger partial charge in [-0.2, -0.15) is 0 Å². The molecule has 0 spiro atoms. The van der Waals surface area contributed by atoms with Crippen molar-refractivity contribution in [1.29, 1.82) is 0 Å². The molecule has 0 aliphatic carbocycles. The maximum absolute atomic E-state index is 12.8. The summed E-state index contributed by atoms with van der Waals surface area (Å²) in [5, 5.41) is 24.8. The Labute approximate surface area is 241 Å². The van der Waals surface area contributed by atoms with Gasteiger partial charge >= 0.3 is 0 Å². The normalized spacial score (nSPS) is 10.9. The van der Waals surface area contributed by atoms with Gasteiger partial charge in [0.2, 0.25) is 5.91 Å². The maximum Gasteiger partial charge on any atom is 0.270 e. The third-order valence-electron chi connectivity index (χ3n) is 5.47. The molecule has 3 aromatic carbocycles. The van der Waals surface area contributed by atoms with Crippen LogP contribution in [0.15, 0.2) is 84.1 Å². The van der Waals surface area contributed by atoms with E-state index in [1.54, 1.807) is 35.0 Å². The van der Waals surface area contributed by atoms with E-state index in [1.165, 1.54) is 35.2 Å². The lowest BCUT2D eigenvalue weighted by atomic mass is 10.1. The third kappa shape index (κ3) is 6.45. The predicted molar refractivity (Wildman–Crippen MR) is 154 cm³/mol. The molecular weight excluding hydrogens is 579 g/mol. The molecule has 0 atom stereocenters. The fraction of sp³-hybridized carbons (Fsp3) is 0.0769. The molecule has 9 nitrogen and oxygen atoms in total. The number of thioether (sulfide) groups is 1. The van der Waals surface area contributed by atoms with E-state index < -0.39 is 4.92 Å². The molecule has 0 aliphatic rings. The molecule has 2 heterocycles. The SMILES string of the molecule is O=C(CSc1nnc(-c2cccc([N+](=O)[O-])c2)n1-c1ccccc1)Nc1ncc(Cc2ccc(Cl)cc2Cl)s1. The van der Waals surface area contributed by atoms with E-state index >= 15 is 0 Å². The number of para-hydroxylation sites is 1. The Hall–Kier alpha value is -3.77. The highest BCUT2D eigenvalue weighted by Gasteiger charge is 2.19. The number of carbonyl (C=O) groups is 1. The fourth-order valence-corrected chi connectivity index (χ4v) is 5.78. The number of anilines is 1. The van der Waals surface area contributed by atoms with Gasteiger partial charge in [0, 0.05) is 50.9 Å². The van der Waals surface area contributed by atoms with E-state index in [9.17, 15) is 14.9 Å². The van der Waals surface area contributed by atoms with Gasteiger partial charge in [-0.3, -0.25) is 19.5 Å². The smallest absolute Gasteiger partial charge is 0.270 e. The van der Waals surface area contributed by atoms with Gasteiger partial charge < -0.3 is 5.32 Å². The van der Waals surface area contributed by atoms with Crippen LogP contribution in [0.3, 0.4) is 0 Å². The van der Waals surface area contributed by atoms with Crippen LogP contribution in [-0.4, -0.2) is 36.3 Å². The highest BCUT2D eigenvalue weighted by molar-refractivity contribution is 7.99. The Morgan fingerprint density at radius 3 is 2.64 bits per heavy atom. The molecule has 13 heteroatoms. The number of nitro groups is 1. The number of thiazole rings is 1. The number of non-ortho nitro benzene ring substituents is 1. The number of nitro benzene ring substituents is 1. The minimum atomic E-state index is -0.458. The van der Waals surface area contributed by atoms with Crippen molar-refractivity contribution in [2.24, 2.45) is 0 Å². The van der Waals surface area contributed by atoms with Crippen molar-refractivity contribution in [1.82, 2.24) is 19.7 Å². The number of hydrogen-bond acceptors (Lipinski definition) is 8. The summed E-state index contributed by atoms with van der Waals surface area (Å²) in [6.07, 6.45) is 2.27. The number of nitrogens with zero attached hydrogens (tertiary/aromatic N) is 5. The van der Waals surface area contributed by atoms with Crippen LogP contribution >= 0.6 is 46.3 Å². The first-order chi connectivity index (χ1) is 18.9. The second-order valence-corrected chi connectivity index (χ2v) is 11.1.